The summed E-state index contributed by atoms with van der Waals surface area (Å²) in [6.45, 7) is 1.23. The van der Waals surface area contributed by atoms with Crippen molar-refractivity contribution in [2.24, 2.45) is 0 Å². The molecule has 0 spiro atoms. The summed E-state index contributed by atoms with van der Waals surface area (Å²) in [7, 11) is 1.29. The number of Topliss-reactive ketones (excluding diaryl/α,β-unsaturated/α-hetero) is 1. The molecule has 0 amide bonds. The maximum atomic E-state index is 11.2. The fourth-order valence-electron chi connectivity index (χ4n) is 1.26. The molecule has 0 aliphatic heterocycles. The zero-order valence-corrected chi connectivity index (χ0v) is 8.27. The third-order valence-corrected chi connectivity index (χ3v) is 1.97. The predicted octanol–water partition coefficient (Wildman–Crippen LogP) is 1.12. The van der Waals surface area contributed by atoms with Crippen LogP contribution in [0.4, 0.5) is 0 Å². The second kappa shape index (κ2) is 4.00. The molecule has 0 atom stereocenters. The number of carbonyl (C=O) groups is 2. The second-order valence-electron chi connectivity index (χ2n) is 2.91. The monoisotopic (exact) mass is 210 g/mol. The molecule has 0 aromatic heterocycles. The van der Waals surface area contributed by atoms with Crippen molar-refractivity contribution >= 4 is 12.1 Å². The molecule has 0 unspecified atom stereocenters. The molecule has 1 aromatic carbocycles. The van der Waals surface area contributed by atoms with Crippen molar-refractivity contribution in [3.63, 3.8) is 0 Å². The first kappa shape index (κ1) is 11.0. The van der Waals surface area contributed by atoms with E-state index in [1.54, 1.807) is 0 Å². The van der Waals surface area contributed by atoms with Gasteiger partial charge in [0.1, 0.15) is 22.8 Å². The number of phenols is 2. The summed E-state index contributed by atoms with van der Waals surface area (Å²) < 4.78 is 4.81. The minimum atomic E-state index is -0.561. The predicted molar refractivity (Wildman–Crippen MR) is 51.7 cm³/mol. The highest BCUT2D eigenvalue weighted by Crippen LogP contribution is 2.36. The quantitative estimate of drug-likeness (QED) is 0.577. The molecular weight excluding hydrogens is 200 g/mol. The molecule has 0 aliphatic carbocycles. The Morgan fingerprint density at radius 1 is 1.47 bits per heavy atom. The number of ether oxygens (including phenoxy) is 1. The summed E-state index contributed by atoms with van der Waals surface area (Å²) in [4.78, 5) is 21.7. The molecule has 5 nitrogen and oxygen atoms in total. The van der Waals surface area contributed by atoms with E-state index in [9.17, 15) is 19.8 Å². The van der Waals surface area contributed by atoms with Gasteiger partial charge in [0, 0.05) is 6.07 Å². The van der Waals surface area contributed by atoms with Crippen LogP contribution in [0, 0.1) is 0 Å². The number of carbonyl (C=O) groups excluding carboxylic acids is 2. The van der Waals surface area contributed by atoms with Crippen molar-refractivity contribution in [2.45, 2.75) is 6.92 Å². The van der Waals surface area contributed by atoms with E-state index in [4.69, 9.17) is 4.74 Å². The van der Waals surface area contributed by atoms with Crippen molar-refractivity contribution in [3.8, 4) is 17.2 Å². The molecule has 15 heavy (non-hydrogen) atoms. The molecule has 0 saturated carbocycles. The van der Waals surface area contributed by atoms with Crippen LogP contribution < -0.4 is 4.74 Å². The van der Waals surface area contributed by atoms with Crippen molar-refractivity contribution in [1.82, 2.24) is 0 Å². The van der Waals surface area contributed by atoms with Gasteiger partial charge in [-0.15, -0.1) is 0 Å². The van der Waals surface area contributed by atoms with Crippen LogP contribution in [-0.4, -0.2) is 29.4 Å². The molecule has 80 valence electrons. The lowest BCUT2D eigenvalue weighted by molar-refractivity contribution is 0.101. The summed E-state index contributed by atoms with van der Waals surface area (Å²) >= 11 is 0. The number of hydrogen-bond donors (Lipinski definition) is 2. The van der Waals surface area contributed by atoms with Gasteiger partial charge in [-0.2, -0.15) is 0 Å². The molecule has 1 rings (SSSR count). The lowest BCUT2D eigenvalue weighted by Gasteiger charge is -2.10. The van der Waals surface area contributed by atoms with E-state index in [1.165, 1.54) is 14.0 Å². The van der Waals surface area contributed by atoms with Gasteiger partial charge in [-0.1, -0.05) is 0 Å². The number of benzene rings is 1. The number of methoxy groups -OCH3 is 1. The van der Waals surface area contributed by atoms with E-state index in [0.29, 0.717) is 0 Å². The molecular formula is C10H10O5. The third-order valence-electron chi connectivity index (χ3n) is 1.97. The van der Waals surface area contributed by atoms with Crippen LogP contribution in [0.1, 0.15) is 27.6 Å². The first-order chi connectivity index (χ1) is 7.02. The van der Waals surface area contributed by atoms with Crippen molar-refractivity contribution in [2.75, 3.05) is 7.11 Å². The molecule has 0 radical (unpaired) electrons. The molecule has 1 aromatic rings. The second-order valence-corrected chi connectivity index (χ2v) is 2.91. The summed E-state index contributed by atoms with van der Waals surface area (Å²) in [6.07, 6.45) is 0.274. The average Bonchev–Trinajstić information content (AvgIpc) is 2.16. The number of ketones is 1. The van der Waals surface area contributed by atoms with Gasteiger partial charge in [-0.05, 0) is 6.92 Å². The van der Waals surface area contributed by atoms with Crippen LogP contribution in [0.3, 0.4) is 0 Å². The molecule has 2 N–H and O–H groups in total. The average molecular weight is 210 g/mol. The highest BCUT2D eigenvalue weighted by atomic mass is 16.5. The van der Waals surface area contributed by atoms with Crippen molar-refractivity contribution < 1.29 is 24.5 Å². The van der Waals surface area contributed by atoms with Gasteiger partial charge in [0.2, 0.25) is 0 Å². The van der Waals surface area contributed by atoms with Crippen LogP contribution in [0.5, 0.6) is 17.2 Å². The number of phenolic OH excluding ortho intramolecular Hbond substituents is 2. The lowest BCUT2D eigenvalue weighted by Crippen LogP contribution is -2.00. The fourth-order valence-corrected chi connectivity index (χ4v) is 1.26. The highest BCUT2D eigenvalue weighted by Gasteiger charge is 2.20. The van der Waals surface area contributed by atoms with E-state index >= 15 is 0 Å². The SMILES string of the molecule is COc1cc(O)c(C=O)c(O)c1C(C)=O. The lowest BCUT2D eigenvalue weighted by atomic mass is 10.0. The molecule has 0 bridgehead atoms. The Bertz CT molecular complexity index is 422. The maximum Gasteiger partial charge on any atom is 0.167 e. The Hall–Kier alpha value is -2.04. The summed E-state index contributed by atoms with van der Waals surface area (Å²) in [6, 6.07) is 1.11. The number of aromatic hydroxyl groups is 2. The minimum Gasteiger partial charge on any atom is -0.507 e. The Labute approximate surface area is 85.9 Å². The van der Waals surface area contributed by atoms with Gasteiger partial charge in [-0.3, -0.25) is 9.59 Å². The van der Waals surface area contributed by atoms with E-state index < -0.39 is 17.3 Å². The highest BCUT2D eigenvalue weighted by molar-refractivity contribution is 6.03. The van der Waals surface area contributed by atoms with Crippen molar-refractivity contribution in [3.05, 3.63) is 17.2 Å². The molecule has 0 saturated heterocycles. The van der Waals surface area contributed by atoms with Gasteiger partial charge in [0.25, 0.3) is 0 Å². The summed E-state index contributed by atoms with van der Waals surface area (Å²) in [5.41, 5.74) is -0.432. The van der Waals surface area contributed by atoms with E-state index in [2.05, 4.69) is 0 Å². The van der Waals surface area contributed by atoms with Gasteiger partial charge >= 0.3 is 0 Å². The van der Waals surface area contributed by atoms with Crippen LogP contribution >= 0.6 is 0 Å². The maximum absolute atomic E-state index is 11.2. The Balaban J connectivity index is 3.60. The third kappa shape index (κ3) is 1.76. The van der Waals surface area contributed by atoms with Crippen LogP contribution in [-0.2, 0) is 0 Å². The van der Waals surface area contributed by atoms with Gasteiger partial charge in [0.05, 0.1) is 12.7 Å². The molecule has 5 heteroatoms. The first-order valence-electron chi connectivity index (χ1n) is 4.12. The van der Waals surface area contributed by atoms with Gasteiger partial charge in [-0.25, -0.2) is 0 Å². The Kier molecular flexibility index (Phi) is 2.94. The molecule has 0 heterocycles. The number of rotatable bonds is 3. The number of aldehydes is 1. The molecule has 0 aliphatic rings. The molecule has 0 fully saturated rings. The standard InChI is InChI=1S/C10H10O5/c1-5(12)9-8(15-2)3-7(13)6(4-11)10(9)14/h3-4,13-14H,1-2H3. The largest absolute Gasteiger partial charge is 0.507 e. The van der Waals surface area contributed by atoms with Crippen LogP contribution in [0.2, 0.25) is 0 Å². The van der Waals surface area contributed by atoms with Gasteiger partial charge in [0.15, 0.2) is 12.1 Å². The summed E-state index contributed by atoms with van der Waals surface area (Å²) in [5.74, 6) is -1.41. The Morgan fingerprint density at radius 2 is 2.07 bits per heavy atom. The first-order valence-corrected chi connectivity index (χ1v) is 4.12. The van der Waals surface area contributed by atoms with E-state index in [1.807, 2.05) is 0 Å². The minimum absolute atomic E-state index is 0.0306. The summed E-state index contributed by atoms with van der Waals surface area (Å²) in [5, 5.41) is 18.9. The smallest absolute Gasteiger partial charge is 0.167 e. The zero-order valence-electron chi connectivity index (χ0n) is 8.27. The normalized spacial score (nSPS) is 9.73. The van der Waals surface area contributed by atoms with E-state index in [-0.39, 0.29) is 23.2 Å². The van der Waals surface area contributed by atoms with Gasteiger partial charge < -0.3 is 14.9 Å². The fraction of sp³-hybridized carbons (Fsp3) is 0.200. The number of hydrogen-bond acceptors (Lipinski definition) is 5. The van der Waals surface area contributed by atoms with Crippen LogP contribution in [0.15, 0.2) is 6.07 Å². The van der Waals surface area contributed by atoms with Crippen LogP contribution in [0.25, 0.3) is 0 Å². The topological polar surface area (TPSA) is 83.8 Å². The zero-order chi connectivity index (χ0) is 11.6. The Morgan fingerprint density at radius 3 is 2.47 bits per heavy atom. The van der Waals surface area contributed by atoms with Crippen molar-refractivity contribution in [1.29, 1.82) is 0 Å². The van der Waals surface area contributed by atoms with E-state index in [0.717, 1.165) is 6.07 Å².